The van der Waals surface area contributed by atoms with Crippen LogP contribution in [0.1, 0.15) is 48.3 Å². The number of aromatic nitrogens is 1. The van der Waals surface area contributed by atoms with Gasteiger partial charge in [0, 0.05) is 18.2 Å². The van der Waals surface area contributed by atoms with Gasteiger partial charge in [-0.05, 0) is 81.1 Å². The molecule has 0 N–H and O–H groups in total. The largest absolute Gasteiger partial charge is 0.448 e. The van der Waals surface area contributed by atoms with Crippen LogP contribution in [0.2, 0.25) is 0 Å². The highest BCUT2D eigenvalue weighted by molar-refractivity contribution is 9.10. The molecule has 3 aliphatic rings. The highest BCUT2D eigenvalue weighted by Gasteiger charge is 2.39. The van der Waals surface area contributed by atoms with E-state index in [2.05, 4.69) is 81.6 Å². The topological polar surface area (TPSA) is 42.4 Å². The lowest BCUT2D eigenvalue weighted by Gasteiger charge is -2.44. The molecule has 6 rings (SSSR count). The maximum atomic E-state index is 13.3. The fraction of sp³-hybridized carbons (Fsp3) is 0.286. The van der Waals surface area contributed by atoms with Crippen molar-refractivity contribution in [1.82, 2.24) is 9.88 Å². The molecule has 0 radical (unpaired) electrons. The van der Waals surface area contributed by atoms with E-state index in [-0.39, 0.29) is 24.1 Å². The van der Waals surface area contributed by atoms with E-state index in [1.165, 1.54) is 27.8 Å². The molecule has 2 aromatic carbocycles. The molecule has 1 amide bonds. The summed E-state index contributed by atoms with van der Waals surface area (Å²) in [5, 5.41) is 0. The molecule has 2 bridgehead atoms. The number of hydrogen-bond acceptors (Lipinski definition) is 3. The van der Waals surface area contributed by atoms with Crippen LogP contribution in [0, 0.1) is 0 Å². The monoisotopic (exact) mass is 500 g/mol. The van der Waals surface area contributed by atoms with E-state index < -0.39 is 0 Å². The second-order valence-electron chi connectivity index (χ2n) is 9.13. The number of carbonyl (C=O) groups excluding carboxylic acids is 1. The van der Waals surface area contributed by atoms with Gasteiger partial charge in [0.25, 0.3) is 0 Å². The molecule has 2 unspecified atom stereocenters. The predicted octanol–water partition coefficient (Wildman–Crippen LogP) is 6.80. The minimum Gasteiger partial charge on any atom is -0.448 e. The molecule has 3 aromatic rings. The maximum absolute atomic E-state index is 13.3. The number of amides is 1. The Hall–Kier alpha value is -2.92. The summed E-state index contributed by atoms with van der Waals surface area (Å²) in [5.74, 6) is 0.0888. The Morgan fingerprint density at radius 1 is 1.00 bits per heavy atom. The summed E-state index contributed by atoms with van der Waals surface area (Å²) in [7, 11) is 0. The summed E-state index contributed by atoms with van der Waals surface area (Å²) < 4.78 is 6.85. The van der Waals surface area contributed by atoms with Gasteiger partial charge < -0.3 is 4.74 Å². The standard InChI is InChI=1S/C28H25BrN2O2/c29-27-13-12-18(16-30-27)19-14-20-6-5-7-21(15-19)31(20)28(32)33-17-26-24-10-3-1-8-22(24)23-9-2-4-11-25(23)26/h1-4,8-14,16,20-21,26H,5-7,15,17H2. The summed E-state index contributed by atoms with van der Waals surface area (Å²) in [4.78, 5) is 19.7. The molecule has 4 nitrogen and oxygen atoms in total. The number of benzene rings is 2. The molecule has 1 aliphatic carbocycles. The van der Waals surface area contributed by atoms with Gasteiger partial charge in [-0.2, -0.15) is 0 Å². The van der Waals surface area contributed by atoms with E-state index in [1.54, 1.807) is 0 Å². The second-order valence-corrected chi connectivity index (χ2v) is 9.94. The first-order chi connectivity index (χ1) is 16.2. The maximum Gasteiger partial charge on any atom is 0.410 e. The van der Waals surface area contributed by atoms with E-state index in [0.29, 0.717) is 6.61 Å². The predicted molar refractivity (Wildman–Crippen MR) is 133 cm³/mol. The first kappa shape index (κ1) is 20.7. The summed E-state index contributed by atoms with van der Waals surface area (Å²) >= 11 is 3.41. The number of pyridine rings is 1. The van der Waals surface area contributed by atoms with Gasteiger partial charge >= 0.3 is 6.09 Å². The average Bonchev–Trinajstić information content (AvgIpc) is 3.16. The van der Waals surface area contributed by atoms with Crippen LogP contribution >= 0.6 is 15.9 Å². The Bertz CT molecular complexity index is 1190. The highest BCUT2D eigenvalue weighted by atomic mass is 79.9. The number of hydrogen-bond donors (Lipinski definition) is 0. The number of rotatable bonds is 3. The zero-order valence-corrected chi connectivity index (χ0v) is 19.9. The van der Waals surface area contributed by atoms with E-state index in [0.717, 1.165) is 35.8 Å². The van der Waals surface area contributed by atoms with Gasteiger partial charge in [-0.25, -0.2) is 9.78 Å². The highest BCUT2D eigenvalue weighted by Crippen LogP contribution is 2.45. The Labute approximate surface area is 202 Å². The minimum absolute atomic E-state index is 0.0888. The summed E-state index contributed by atoms with van der Waals surface area (Å²) in [5.41, 5.74) is 7.42. The van der Waals surface area contributed by atoms with E-state index >= 15 is 0 Å². The number of piperidine rings is 1. The van der Waals surface area contributed by atoms with Gasteiger partial charge in [-0.15, -0.1) is 0 Å². The molecule has 0 spiro atoms. The molecule has 3 heterocycles. The number of ether oxygens (including phenoxy) is 1. The van der Waals surface area contributed by atoms with Gasteiger partial charge in [0.05, 0.1) is 6.04 Å². The van der Waals surface area contributed by atoms with E-state index in [1.807, 2.05) is 17.2 Å². The summed E-state index contributed by atoms with van der Waals surface area (Å²) in [6, 6.07) is 21.3. The SMILES string of the molecule is O=C(OCC1c2ccccc2-c2ccccc21)N1C2C=C(c3ccc(Br)nc3)CC1CCC2. The molecule has 166 valence electrons. The van der Waals surface area contributed by atoms with Crippen LogP contribution in [-0.2, 0) is 4.74 Å². The van der Waals surface area contributed by atoms with Crippen molar-refractivity contribution < 1.29 is 9.53 Å². The fourth-order valence-corrected chi connectivity index (χ4v) is 6.00. The van der Waals surface area contributed by atoms with Crippen molar-refractivity contribution in [1.29, 1.82) is 0 Å². The van der Waals surface area contributed by atoms with Crippen molar-refractivity contribution in [3.63, 3.8) is 0 Å². The van der Waals surface area contributed by atoms with Gasteiger partial charge in [0.15, 0.2) is 0 Å². The van der Waals surface area contributed by atoms with Crippen molar-refractivity contribution in [3.05, 3.63) is 94.2 Å². The lowest BCUT2D eigenvalue weighted by Crippen LogP contribution is -2.51. The quantitative estimate of drug-likeness (QED) is 0.371. The minimum atomic E-state index is -0.184. The molecule has 1 fully saturated rings. The number of carbonyl (C=O) groups is 1. The Kier molecular flexibility index (Phi) is 5.30. The van der Waals surface area contributed by atoms with Crippen LogP contribution in [-0.4, -0.2) is 34.7 Å². The van der Waals surface area contributed by atoms with Crippen molar-refractivity contribution in [2.45, 2.75) is 43.7 Å². The second kappa shape index (κ2) is 8.45. The Balaban J connectivity index is 1.22. The summed E-state index contributed by atoms with van der Waals surface area (Å²) in [6.45, 7) is 0.371. The lowest BCUT2D eigenvalue weighted by molar-refractivity contribution is 0.0539. The average molecular weight is 501 g/mol. The third-order valence-corrected chi connectivity index (χ3v) is 7.75. The Morgan fingerprint density at radius 3 is 2.39 bits per heavy atom. The zero-order valence-electron chi connectivity index (χ0n) is 18.3. The zero-order chi connectivity index (χ0) is 22.4. The molecular weight excluding hydrogens is 476 g/mol. The van der Waals surface area contributed by atoms with E-state index in [4.69, 9.17) is 4.74 Å². The molecule has 33 heavy (non-hydrogen) atoms. The number of nitrogens with zero attached hydrogens (tertiary/aromatic N) is 2. The first-order valence-corrected chi connectivity index (χ1v) is 12.4. The third-order valence-electron chi connectivity index (χ3n) is 7.28. The van der Waals surface area contributed by atoms with Crippen LogP contribution < -0.4 is 0 Å². The van der Waals surface area contributed by atoms with Crippen molar-refractivity contribution in [3.8, 4) is 11.1 Å². The molecule has 2 atom stereocenters. The third kappa shape index (κ3) is 3.68. The van der Waals surface area contributed by atoms with Gasteiger partial charge in [0.2, 0.25) is 0 Å². The van der Waals surface area contributed by atoms with Crippen LogP contribution in [0.5, 0.6) is 0 Å². The Morgan fingerprint density at radius 2 is 1.73 bits per heavy atom. The summed E-state index contributed by atoms with van der Waals surface area (Å²) in [6.07, 6.45) is 7.97. The smallest absolute Gasteiger partial charge is 0.410 e. The number of halogens is 1. The lowest BCUT2D eigenvalue weighted by atomic mass is 9.83. The molecule has 0 saturated carbocycles. The van der Waals surface area contributed by atoms with Gasteiger partial charge in [0.1, 0.15) is 11.2 Å². The van der Waals surface area contributed by atoms with Crippen molar-refractivity contribution in [2.75, 3.05) is 6.61 Å². The van der Waals surface area contributed by atoms with Crippen LogP contribution in [0.25, 0.3) is 16.7 Å². The molecule has 5 heteroatoms. The van der Waals surface area contributed by atoms with Crippen LogP contribution in [0.15, 0.2) is 77.5 Å². The van der Waals surface area contributed by atoms with E-state index in [9.17, 15) is 4.79 Å². The molecule has 1 aromatic heterocycles. The van der Waals surface area contributed by atoms with Gasteiger partial charge in [-0.1, -0.05) is 60.7 Å². The van der Waals surface area contributed by atoms with Gasteiger partial charge in [-0.3, -0.25) is 4.90 Å². The van der Waals surface area contributed by atoms with Crippen LogP contribution in [0.3, 0.4) is 0 Å². The normalized spacial score (nSPS) is 21.2. The van der Waals surface area contributed by atoms with Crippen molar-refractivity contribution >= 4 is 27.6 Å². The number of fused-ring (bicyclic) bond motifs is 5. The van der Waals surface area contributed by atoms with Crippen LogP contribution in [0.4, 0.5) is 4.79 Å². The fourth-order valence-electron chi connectivity index (χ4n) is 5.76. The molecular formula is C28H25BrN2O2. The molecule has 1 saturated heterocycles. The molecule has 2 aliphatic heterocycles. The first-order valence-electron chi connectivity index (χ1n) is 11.6. The van der Waals surface area contributed by atoms with Crippen molar-refractivity contribution in [2.24, 2.45) is 0 Å².